The van der Waals surface area contributed by atoms with Crippen LogP contribution in [0.25, 0.3) is 5.69 Å². The molecule has 0 aliphatic carbocycles. The zero-order chi connectivity index (χ0) is 14.2. The van der Waals surface area contributed by atoms with E-state index < -0.39 is 16.8 Å². The van der Waals surface area contributed by atoms with E-state index >= 15 is 0 Å². The largest absolute Gasteiger partial charge is 0.432 e. The Bertz CT molecular complexity index is 690. The van der Waals surface area contributed by atoms with Crippen molar-refractivity contribution in [1.82, 2.24) is 9.78 Å². The van der Waals surface area contributed by atoms with Crippen LogP contribution >= 0.6 is 12.2 Å². The van der Waals surface area contributed by atoms with Crippen LogP contribution in [0.3, 0.4) is 0 Å². The molecule has 19 heavy (non-hydrogen) atoms. The van der Waals surface area contributed by atoms with Crippen molar-refractivity contribution in [2.75, 3.05) is 0 Å². The average Bonchev–Trinajstić information content (AvgIpc) is 2.71. The summed E-state index contributed by atoms with van der Waals surface area (Å²) in [7, 11) is 0. The fourth-order valence-electron chi connectivity index (χ4n) is 1.48. The Morgan fingerprint density at radius 1 is 1.32 bits per heavy atom. The maximum atomic E-state index is 12.5. The zero-order valence-corrected chi connectivity index (χ0v) is 9.96. The molecule has 0 unspecified atom stereocenters. The van der Waals surface area contributed by atoms with Gasteiger partial charge in [0, 0.05) is 18.2 Å². The van der Waals surface area contributed by atoms with E-state index in [1.54, 1.807) is 0 Å². The van der Waals surface area contributed by atoms with Crippen molar-refractivity contribution in [3.63, 3.8) is 0 Å². The topological polar surface area (TPSA) is 63.9 Å². The van der Waals surface area contributed by atoms with Gasteiger partial charge in [-0.3, -0.25) is 15.2 Å². The summed E-state index contributed by atoms with van der Waals surface area (Å²) in [5.41, 5.74) is -1.08. The summed E-state index contributed by atoms with van der Waals surface area (Å²) in [5.74, 6) is 0. The van der Waals surface area contributed by atoms with E-state index in [0.717, 1.165) is 16.8 Å². The van der Waals surface area contributed by atoms with Gasteiger partial charge >= 0.3 is 6.18 Å². The molecule has 2 aromatic rings. The van der Waals surface area contributed by atoms with Gasteiger partial charge < -0.3 is 0 Å². The Hall–Kier alpha value is -2.16. The van der Waals surface area contributed by atoms with Crippen LogP contribution in [0.4, 0.5) is 18.9 Å². The number of nitrogens with zero attached hydrogens (tertiary/aromatic N) is 2. The van der Waals surface area contributed by atoms with Crippen molar-refractivity contribution in [1.29, 1.82) is 0 Å². The van der Waals surface area contributed by atoms with Gasteiger partial charge in [-0.2, -0.15) is 13.2 Å². The quantitative estimate of drug-likeness (QED) is 0.523. The summed E-state index contributed by atoms with van der Waals surface area (Å²) in [4.78, 5) is 9.98. The van der Waals surface area contributed by atoms with Crippen molar-refractivity contribution in [2.45, 2.75) is 6.18 Å². The molecule has 0 spiro atoms. The summed E-state index contributed by atoms with van der Waals surface area (Å²) in [6.45, 7) is 0. The van der Waals surface area contributed by atoms with Crippen molar-refractivity contribution in [3.05, 3.63) is 50.8 Å². The number of aromatic amines is 1. The molecular formula is C10H6F3N3O2S. The van der Waals surface area contributed by atoms with Gasteiger partial charge in [0.2, 0.25) is 0 Å². The van der Waals surface area contributed by atoms with E-state index in [1.807, 2.05) is 0 Å². The van der Waals surface area contributed by atoms with Crippen molar-refractivity contribution in [2.24, 2.45) is 0 Å². The lowest BCUT2D eigenvalue weighted by Crippen LogP contribution is -2.07. The van der Waals surface area contributed by atoms with Crippen LogP contribution < -0.4 is 0 Å². The molecule has 0 atom stereocenters. The molecule has 0 saturated heterocycles. The Labute approximate surface area is 109 Å². The number of benzene rings is 1. The predicted molar refractivity (Wildman–Crippen MR) is 62.6 cm³/mol. The van der Waals surface area contributed by atoms with Crippen LogP contribution in [-0.2, 0) is 6.18 Å². The maximum absolute atomic E-state index is 12.5. The first kappa shape index (κ1) is 13.3. The smallest absolute Gasteiger partial charge is 0.288 e. The minimum absolute atomic E-state index is 0.118. The molecule has 0 fully saturated rings. The number of nitrogens with one attached hydrogen (secondary N) is 1. The first-order chi connectivity index (χ1) is 8.79. The van der Waals surface area contributed by atoms with Gasteiger partial charge in [0.05, 0.1) is 10.6 Å². The predicted octanol–water partition coefficient (Wildman–Crippen LogP) is 3.46. The number of hydrogen-bond donors (Lipinski definition) is 1. The van der Waals surface area contributed by atoms with Crippen LogP contribution in [0.5, 0.6) is 0 Å². The minimum atomic E-state index is -4.56. The van der Waals surface area contributed by atoms with Crippen LogP contribution in [0.2, 0.25) is 0 Å². The number of nitro groups is 1. The number of alkyl halides is 3. The SMILES string of the molecule is O=[N+]([O-])c1cccc(-n2[nH]c(C(F)(F)F)cc2=S)c1. The lowest BCUT2D eigenvalue weighted by atomic mass is 10.3. The molecule has 100 valence electrons. The molecule has 0 aliphatic rings. The highest BCUT2D eigenvalue weighted by Crippen LogP contribution is 2.28. The van der Waals surface area contributed by atoms with Gasteiger partial charge in [-0.15, -0.1) is 0 Å². The standard InChI is InChI=1S/C10H6F3N3O2S/c11-10(12,13)8-5-9(19)15(14-8)6-2-1-3-7(4-6)16(17)18/h1-5,14H. The first-order valence-corrected chi connectivity index (χ1v) is 5.34. The maximum Gasteiger partial charge on any atom is 0.432 e. The van der Waals surface area contributed by atoms with Crippen molar-refractivity contribution < 1.29 is 18.1 Å². The number of halogens is 3. The number of hydrogen-bond acceptors (Lipinski definition) is 3. The lowest BCUT2D eigenvalue weighted by molar-refractivity contribution is -0.384. The second-order valence-electron chi connectivity index (χ2n) is 3.62. The molecule has 1 heterocycles. The highest BCUT2D eigenvalue weighted by atomic mass is 32.1. The molecule has 0 aliphatic heterocycles. The van der Waals surface area contributed by atoms with Gasteiger partial charge in [-0.05, 0) is 6.07 Å². The number of non-ortho nitro benzene ring substituents is 1. The molecule has 0 radical (unpaired) electrons. The highest BCUT2D eigenvalue weighted by molar-refractivity contribution is 7.71. The second-order valence-corrected chi connectivity index (χ2v) is 4.04. The molecule has 0 saturated carbocycles. The molecule has 1 aromatic carbocycles. The van der Waals surface area contributed by atoms with Crippen LogP contribution in [0, 0.1) is 14.8 Å². The van der Waals surface area contributed by atoms with Gasteiger partial charge in [0.25, 0.3) is 5.69 Å². The normalized spacial score (nSPS) is 11.5. The first-order valence-electron chi connectivity index (χ1n) is 4.93. The lowest BCUT2D eigenvalue weighted by Gasteiger charge is -2.04. The fourth-order valence-corrected chi connectivity index (χ4v) is 1.75. The monoisotopic (exact) mass is 289 g/mol. The van der Waals surface area contributed by atoms with Crippen LogP contribution in [-0.4, -0.2) is 14.7 Å². The van der Waals surface area contributed by atoms with Gasteiger partial charge in [0.1, 0.15) is 10.3 Å². The molecule has 0 bridgehead atoms. The van der Waals surface area contributed by atoms with Crippen LogP contribution in [0.1, 0.15) is 5.69 Å². The number of aromatic nitrogens is 2. The third kappa shape index (κ3) is 2.65. The summed E-state index contributed by atoms with van der Waals surface area (Å²) in [6, 6.07) is 5.91. The van der Waals surface area contributed by atoms with Gasteiger partial charge in [-0.25, -0.2) is 4.68 Å². The Morgan fingerprint density at radius 2 is 2.00 bits per heavy atom. The van der Waals surface area contributed by atoms with E-state index in [1.165, 1.54) is 18.2 Å². The minimum Gasteiger partial charge on any atom is -0.288 e. The molecule has 2 rings (SSSR count). The Kier molecular flexibility index (Phi) is 3.14. The number of rotatable bonds is 2. The van der Waals surface area contributed by atoms with E-state index in [-0.39, 0.29) is 16.0 Å². The average molecular weight is 289 g/mol. The van der Waals surface area contributed by atoms with Crippen molar-refractivity contribution in [3.8, 4) is 5.69 Å². The zero-order valence-electron chi connectivity index (χ0n) is 9.14. The van der Waals surface area contributed by atoms with Crippen molar-refractivity contribution >= 4 is 17.9 Å². The molecule has 9 heteroatoms. The summed E-state index contributed by atoms with van der Waals surface area (Å²) in [5, 5.41) is 12.7. The van der Waals surface area contributed by atoms with E-state index in [9.17, 15) is 23.3 Å². The molecule has 1 aromatic heterocycles. The van der Waals surface area contributed by atoms with E-state index in [2.05, 4.69) is 5.10 Å². The third-order valence-electron chi connectivity index (χ3n) is 2.32. The third-order valence-corrected chi connectivity index (χ3v) is 2.63. The van der Waals surface area contributed by atoms with Gasteiger partial charge in [-0.1, -0.05) is 18.3 Å². The second kappa shape index (κ2) is 4.50. The van der Waals surface area contributed by atoms with Gasteiger partial charge in [0.15, 0.2) is 0 Å². The fraction of sp³-hybridized carbons (Fsp3) is 0.100. The molecule has 5 nitrogen and oxygen atoms in total. The highest BCUT2D eigenvalue weighted by Gasteiger charge is 2.33. The Balaban J connectivity index is 2.54. The summed E-state index contributed by atoms with van der Waals surface area (Å²) >= 11 is 4.79. The number of H-pyrrole nitrogens is 1. The van der Waals surface area contributed by atoms with E-state index in [0.29, 0.717) is 0 Å². The molecule has 0 amide bonds. The molecule has 1 N–H and O–H groups in total. The Morgan fingerprint density at radius 3 is 2.53 bits per heavy atom. The molecular weight excluding hydrogens is 283 g/mol. The summed E-state index contributed by atoms with van der Waals surface area (Å²) < 4.78 is 38.4. The number of nitro benzene ring substituents is 1. The summed E-state index contributed by atoms with van der Waals surface area (Å²) in [6.07, 6.45) is -4.56. The van der Waals surface area contributed by atoms with E-state index in [4.69, 9.17) is 12.2 Å². The van der Waals surface area contributed by atoms with Crippen LogP contribution in [0.15, 0.2) is 30.3 Å².